The minimum absolute atomic E-state index is 0.0389. The number of nitrogens with one attached hydrogen (secondary N) is 1. The van der Waals surface area contributed by atoms with Crippen molar-refractivity contribution in [2.24, 2.45) is 0 Å². The summed E-state index contributed by atoms with van der Waals surface area (Å²) in [6, 6.07) is 13.7. The highest BCUT2D eigenvalue weighted by Crippen LogP contribution is 2.17. The van der Waals surface area contributed by atoms with Crippen LogP contribution in [0.4, 0.5) is 4.39 Å². The summed E-state index contributed by atoms with van der Waals surface area (Å²) in [5, 5.41) is 3.33. The molecule has 0 aliphatic heterocycles. The third-order valence-corrected chi connectivity index (χ3v) is 4.75. The Balaban J connectivity index is 1.51. The molecule has 0 saturated heterocycles. The summed E-state index contributed by atoms with van der Waals surface area (Å²) in [5.41, 5.74) is 3.04. The summed E-state index contributed by atoms with van der Waals surface area (Å²) in [6.07, 6.45) is 2.61. The second kappa shape index (κ2) is 7.82. The van der Waals surface area contributed by atoms with E-state index in [1.54, 1.807) is 40.3 Å². The molecule has 6 nitrogen and oxygen atoms in total. The first-order valence-electron chi connectivity index (χ1n) is 9.17. The Kier molecular flexibility index (Phi) is 5.08. The van der Waals surface area contributed by atoms with Gasteiger partial charge in [-0.3, -0.25) is 9.20 Å². The molecule has 144 valence electrons. The van der Waals surface area contributed by atoms with Crippen molar-refractivity contribution in [2.75, 3.05) is 13.7 Å². The van der Waals surface area contributed by atoms with Crippen LogP contribution in [0.2, 0.25) is 0 Å². The molecule has 4 aromatic rings. The summed E-state index contributed by atoms with van der Waals surface area (Å²) in [7, 11) is 1.57. The van der Waals surface area contributed by atoms with Gasteiger partial charge < -0.3 is 14.6 Å². The monoisotopic (exact) mass is 380 g/mol. The van der Waals surface area contributed by atoms with Crippen molar-refractivity contribution < 1.29 is 9.13 Å². The number of hydrogen-bond donors (Lipinski definition) is 1. The first-order chi connectivity index (χ1) is 13.7. The molecule has 0 bridgehead atoms. The molecule has 0 amide bonds. The number of aryl methyl sites for hydroxylation is 1. The average Bonchev–Trinajstić information content (AvgIpc) is 3.21. The summed E-state index contributed by atoms with van der Waals surface area (Å²) < 4.78 is 21.7. The van der Waals surface area contributed by atoms with Crippen molar-refractivity contribution in [3.05, 3.63) is 76.5 Å². The van der Waals surface area contributed by atoms with E-state index in [1.165, 1.54) is 12.1 Å². The van der Waals surface area contributed by atoms with Gasteiger partial charge in [-0.15, -0.1) is 0 Å². The molecule has 3 heterocycles. The zero-order chi connectivity index (χ0) is 19.5. The minimum atomic E-state index is -0.235. The molecular formula is C21H21FN4O2. The van der Waals surface area contributed by atoms with Gasteiger partial charge in [-0.05, 0) is 48.9 Å². The minimum Gasteiger partial charge on any atom is -0.481 e. The number of benzene rings is 1. The van der Waals surface area contributed by atoms with E-state index in [0.717, 1.165) is 24.0 Å². The normalized spacial score (nSPS) is 11.4. The number of methoxy groups -OCH3 is 1. The predicted octanol–water partition coefficient (Wildman–Crippen LogP) is 2.98. The van der Waals surface area contributed by atoms with Crippen molar-refractivity contribution in [3.8, 4) is 5.88 Å². The van der Waals surface area contributed by atoms with Crippen LogP contribution in [-0.4, -0.2) is 27.6 Å². The lowest BCUT2D eigenvalue weighted by molar-refractivity contribution is 0.399. The van der Waals surface area contributed by atoms with Gasteiger partial charge in [0.2, 0.25) is 5.88 Å². The molecule has 0 fully saturated rings. The number of aromatic nitrogens is 3. The van der Waals surface area contributed by atoms with Crippen LogP contribution in [0.1, 0.15) is 12.0 Å². The maximum Gasteiger partial charge on any atom is 0.275 e. The van der Waals surface area contributed by atoms with E-state index in [-0.39, 0.29) is 11.4 Å². The second-order valence-corrected chi connectivity index (χ2v) is 6.57. The summed E-state index contributed by atoms with van der Waals surface area (Å²) >= 11 is 0. The second-order valence-electron chi connectivity index (χ2n) is 6.57. The van der Waals surface area contributed by atoms with Gasteiger partial charge in [0.25, 0.3) is 5.56 Å². The van der Waals surface area contributed by atoms with Crippen LogP contribution < -0.4 is 15.6 Å². The van der Waals surface area contributed by atoms with Gasteiger partial charge in [0.15, 0.2) is 5.65 Å². The van der Waals surface area contributed by atoms with Crippen LogP contribution in [0.3, 0.4) is 0 Å². The molecule has 7 heteroatoms. The SMILES string of the molecule is COc1ccc2c(n1)n1cccc1c(=O)n2CCCNCc1ccc(F)cc1. The lowest BCUT2D eigenvalue weighted by atomic mass is 10.2. The number of fused-ring (bicyclic) bond motifs is 3. The Morgan fingerprint density at radius 2 is 1.93 bits per heavy atom. The predicted molar refractivity (Wildman–Crippen MR) is 106 cm³/mol. The first-order valence-corrected chi connectivity index (χ1v) is 9.17. The lowest BCUT2D eigenvalue weighted by Crippen LogP contribution is -2.25. The van der Waals surface area contributed by atoms with Crippen molar-refractivity contribution in [1.82, 2.24) is 19.3 Å². The van der Waals surface area contributed by atoms with Crippen molar-refractivity contribution in [3.63, 3.8) is 0 Å². The quantitative estimate of drug-likeness (QED) is 0.501. The topological polar surface area (TPSA) is 60.6 Å². The maximum absolute atomic E-state index is 13.0. The van der Waals surface area contributed by atoms with Gasteiger partial charge in [-0.25, -0.2) is 4.39 Å². The van der Waals surface area contributed by atoms with E-state index in [1.807, 2.05) is 18.3 Å². The van der Waals surface area contributed by atoms with Crippen LogP contribution in [0.15, 0.2) is 59.5 Å². The molecular weight excluding hydrogens is 359 g/mol. The molecule has 0 radical (unpaired) electrons. The Bertz CT molecular complexity index is 1160. The van der Waals surface area contributed by atoms with Crippen molar-refractivity contribution >= 4 is 16.7 Å². The summed E-state index contributed by atoms with van der Waals surface area (Å²) in [6.45, 7) is 1.97. The number of nitrogens with zero attached hydrogens (tertiary/aromatic N) is 3. The fourth-order valence-electron chi connectivity index (χ4n) is 3.33. The molecule has 1 aromatic carbocycles. The number of halogens is 1. The molecule has 0 aliphatic rings. The van der Waals surface area contributed by atoms with Gasteiger partial charge in [0.1, 0.15) is 11.3 Å². The van der Waals surface area contributed by atoms with Crippen LogP contribution in [0.25, 0.3) is 16.7 Å². The molecule has 0 atom stereocenters. The summed E-state index contributed by atoms with van der Waals surface area (Å²) in [5.74, 6) is 0.273. The number of rotatable bonds is 7. The Morgan fingerprint density at radius 1 is 1.11 bits per heavy atom. The van der Waals surface area contributed by atoms with Crippen molar-refractivity contribution in [1.29, 1.82) is 0 Å². The molecule has 3 aromatic heterocycles. The third kappa shape index (κ3) is 3.48. The molecule has 1 N–H and O–H groups in total. The van der Waals surface area contributed by atoms with Gasteiger partial charge in [0.05, 0.1) is 12.6 Å². The van der Waals surface area contributed by atoms with E-state index in [2.05, 4.69) is 10.3 Å². The van der Waals surface area contributed by atoms with Gasteiger partial charge >= 0.3 is 0 Å². The van der Waals surface area contributed by atoms with E-state index in [0.29, 0.717) is 30.1 Å². The third-order valence-electron chi connectivity index (χ3n) is 4.75. The largest absolute Gasteiger partial charge is 0.481 e. The van der Waals surface area contributed by atoms with Crippen LogP contribution in [0, 0.1) is 5.82 Å². The van der Waals surface area contributed by atoms with Crippen LogP contribution in [-0.2, 0) is 13.1 Å². The van der Waals surface area contributed by atoms with E-state index < -0.39 is 0 Å². The fraction of sp³-hybridized carbons (Fsp3) is 0.238. The van der Waals surface area contributed by atoms with Gasteiger partial charge in [0, 0.05) is 25.4 Å². The Morgan fingerprint density at radius 3 is 2.71 bits per heavy atom. The standard InChI is InChI=1S/C21H21FN4O2/c1-28-19-10-9-17-20(24-19)25-12-2-4-18(25)21(27)26(17)13-3-11-23-14-15-5-7-16(22)8-6-15/h2,4-10,12,23H,3,11,13-14H2,1H3. The number of hydrogen-bond acceptors (Lipinski definition) is 4. The zero-order valence-electron chi connectivity index (χ0n) is 15.6. The molecule has 0 unspecified atom stereocenters. The Hall–Kier alpha value is -3.19. The van der Waals surface area contributed by atoms with E-state index in [4.69, 9.17) is 4.74 Å². The van der Waals surface area contributed by atoms with Gasteiger partial charge in [-0.1, -0.05) is 12.1 Å². The maximum atomic E-state index is 13.0. The van der Waals surface area contributed by atoms with Gasteiger partial charge in [-0.2, -0.15) is 4.98 Å². The average molecular weight is 380 g/mol. The molecule has 4 rings (SSSR count). The first kappa shape index (κ1) is 18.2. The number of ether oxygens (including phenoxy) is 1. The van der Waals surface area contributed by atoms with Crippen molar-refractivity contribution in [2.45, 2.75) is 19.5 Å². The highest BCUT2D eigenvalue weighted by atomic mass is 19.1. The fourth-order valence-corrected chi connectivity index (χ4v) is 3.33. The molecule has 0 aliphatic carbocycles. The lowest BCUT2D eigenvalue weighted by Gasteiger charge is -2.13. The smallest absolute Gasteiger partial charge is 0.275 e. The molecule has 28 heavy (non-hydrogen) atoms. The van der Waals surface area contributed by atoms with Crippen LogP contribution in [0.5, 0.6) is 5.88 Å². The van der Waals surface area contributed by atoms with E-state index in [9.17, 15) is 9.18 Å². The molecule has 0 spiro atoms. The zero-order valence-corrected chi connectivity index (χ0v) is 15.6. The molecule has 0 saturated carbocycles. The highest BCUT2D eigenvalue weighted by molar-refractivity contribution is 5.75. The van der Waals surface area contributed by atoms with Crippen LogP contribution >= 0.6 is 0 Å². The number of pyridine rings is 1. The Labute approximate surface area is 161 Å². The van der Waals surface area contributed by atoms with E-state index >= 15 is 0 Å². The summed E-state index contributed by atoms with van der Waals surface area (Å²) in [4.78, 5) is 17.4. The highest BCUT2D eigenvalue weighted by Gasteiger charge is 2.12.